The predicted octanol–water partition coefficient (Wildman–Crippen LogP) is 1.33. The standard InChI is InChI=1S/C13H23NO3/c1-2-3-4-11(12(15)16)13(17)6-8-14-7-5-10(13)9-14/h10-11,17H,2-9H2,1H3,(H,15,16). The number of aliphatic carboxylic acids is 1. The highest BCUT2D eigenvalue weighted by molar-refractivity contribution is 5.71. The number of carboxylic acids is 1. The molecule has 2 fully saturated rings. The van der Waals surface area contributed by atoms with E-state index in [9.17, 15) is 15.0 Å². The van der Waals surface area contributed by atoms with Gasteiger partial charge in [0.05, 0.1) is 11.5 Å². The second-order valence-electron chi connectivity index (χ2n) is 5.56. The first-order valence-electron chi connectivity index (χ1n) is 6.75. The highest BCUT2D eigenvalue weighted by atomic mass is 16.4. The quantitative estimate of drug-likeness (QED) is 0.762. The van der Waals surface area contributed by atoms with Crippen LogP contribution in [-0.4, -0.2) is 46.3 Å². The van der Waals surface area contributed by atoms with Crippen molar-refractivity contribution in [1.82, 2.24) is 4.90 Å². The van der Waals surface area contributed by atoms with Crippen LogP contribution >= 0.6 is 0 Å². The smallest absolute Gasteiger partial charge is 0.309 e. The molecule has 0 aliphatic carbocycles. The van der Waals surface area contributed by atoms with Gasteiger partial charge in [0.25, 0.3) is 0 Å². The normalized spacial score (nSPS) is 38.0. The fraction of sp³-hybridized carbons (Fsp3) is 0.923. The van der Waals surface area contributed by atoms with Gasteiger partial charge in [-0.1, -0.05) is 19.8 Å². The Labute approximate surface area is 103 Å². The van der Waals surface area contributed by atoms with Crippen molar-refractivity contribution < 1.29 is 15.0 Å². The summed E-state index contributed by atoms with van der Waals surface area (Å²) >= 11 is 0. The molecule has 4 atom stereocenters. The van der Waals surface area contributed by atoms with E-state index in [1.54, 1.807) is 0 Å². The van der Waals surface area contributed by atoms with Crippen molar-refractivity contribution in [3.05, 3.63) is 0 Å². The third kappa shape index (κ3) is 2.33. The largest absolute Gasteiger partial charge is 0.481 e. The van der Waals surface area contributed by atoms with Crippen molar-refractivity contribution in [2.45, 2.75) is 44.6 Å². The molecule has 0 saturated carbocycles. The van der Waals surface area contributed by atoms with Crippen molar-refractivity contribution in [1.29, 1.82) is 0 Å². The maximum atomic E-state index is 11.4. The minimum atomic E-state index is -0.964. The molecule has 0 aromatic carbocycles. The Morgan fingerprint density at radius 2 is 2.29 bits per heavy atom. The number of rotatable bonds is 5. The summed E-state index contributed by atoms with van der Waals surface area (Å²) in [6.07, 6.45) is 4.05. The van der Waals surface area contributed by atoms with Crippen LogP contribution in [0.25, 0.3) is 0 Å². The molecule has 2 rings (SSSR count). The number of nitrogens with zero attached hydrogens (tertiary/aromatic N) is 1. The monoisotopic (exact) mass is 241 g/mol. The van der Waals surface area contributed by atoms with Crippen LogP contribution in [0.15, 0.2) is 0 Å². The lowest BCUT2D eigenvalue weighted by Gasteiger charge is -2.42. The Kier molecular flexibility index (Phi) is 3.73. The fourth-order valence-corrected chi connectivity index (χ4v) is 3.44. The van der Waals surface area contributed by atoms with E-state index in [-0.39, 0.29) is 5.92 Å². The Balaban J connectivity index is 2.12. The van der Waals surface area contributed by atoms with E-state index in [1.807, 2.05) is 0 Å². The van der Waals surface area contributed by atoms with Crippen LogP contribution in [0.1, 0.15) is 39.0 Å². The summed E-state index contributed by atoms with van der Waals surface area (Å²) in [7, 11) is 0. The maximum Gasteiger partial charge on any atom is 0.309 e. The second kappa shape index (κ2) is 4.94. The third-order valence-electron chi connectivity index (χ3n) is 4.56. The summed E-state index contributed by atoms with van der Waals surface area (Å²) < 4.78 is 0. The van der Waals surface area contributed by atoms with E-state index in [0.29, 0.717) is 12.8 Å². The van der Waals surface area contributed by atoms with E-state index in [1.165, 1.54) is 0 Å². The van der Waals surface area contributed by atoms with E-state index < -0.39 is 17.5 Å². The van der Waals surface area contributed by atoms with Gasteiger partial charge in [0.2, 0.25) is 0 Å². The molecule has 0 aromatic heterocycles. The Bertz CT molecular complexity index is 294. The van der Waals surface area contributed by atoms with Crippen molar-refractivity contribution in [2.24, 2.45) is 11.8 Å². The van der Waals surface area contributed by atoms with Crippen LogP contribution in [0.3, 0.4) is 0 Å². The van der Waals surface area contributed by atoms with Crippen LogP contribution in [0.5, 0.6) is 0 Å². The first-order valence-corrected chi connectivity index (χ1v) is 6.75. The van der Waals surface area contributed by atoms with Crippen molar-refractivity contribution in [3.63, 3.8) is 0 Å². The maximum absolute atomic E-state index is 11.4. The summed E-state index contributed by atoms with van der Waals surface area (Å²) in [6.45, 7) is 4.81. The highest BCUT2D eigenvalue weighted by Gasteiger charge is 2.51. The zero-order valence-electron chi connectivity index (χ0n) is 10.6. The van der Waals surface area contributed by atoms with E-state index in [2.05, 4.69) is 11.8 Å². The highest BCUT2D eigenvalue weighted by Crippen LogP contribution is 2.42. The van der Waals surface area contributed by atoms with Crippen LogP contribution in [0.4, 0.5) is 0 Å². The lowest BCUT2D eigenvalue weighted by atomic mass is 9.71. The van der Waals surface area contributed by atoms with Crippen molar-refractivity contribution >= 4 is 5.97 Å². The third-order valence-corrected chi connectivity index (χ3v) is 4.56. The van der Waals surface area contributed by atoms with Gasteiger partial charge in [0.1, 0.15) is 0 Å². The molecule has 2 saturated heterocycles. The minimum absolute atomic E-state index is 0.161. The van der Waals surface area contributed by atoms with Gasteiger partial charge < -0.3 is 15.1 Å². The topological polar surface area (TPSA) is 60.8 Å². The summed E-state index contributed by atoms with van der Waals surface area (Å²) in [5.74, 6) is -1.23. The van der Waals surface area contributed by atoms with Gasteiger partial charge in [0.15, 0.2) is 0 Å². The number of fused-ring (bicyclic) bond motifs is 2. The molecule has 2 heterocycles. The van der Waals surface area contributed by atoms with E-state index in [4.69, 9.17) is 0 Å². The van der Waals surface area contributed by atoms with Gasteiger partial charge in [-0.2, -0.15) is 0 Å². The molecule has 4 unspecified atom stereocenters. The first-order chi connectivity index (χ1) is 8.08. The van der Waals surface area contributed by atoms with Gasteiger partial charge in [0, 0.05) is 19.0 Å². The van der Waals surface area contributed by atoms with Gasteiger partial charge in [-0.25, -0.2) is 0 Å². The average Bonchev–Trinajstić information content (AvgIpc) is 2.70. The zero-order valence-corrected chi connectivity index (χ0v) is 10.6. The lowest BCUT2D eigenvalue weighted by Crippen LogP contribution is -2.53. The lowest BCUT2D eigenvalue weighted by molar-refractivity contribution is -0.161. The molecule has 2 N–H and O–H groups in total. The molecule has 4 nitrogen and oxygen atoms in total. The molecule has 0 amide bonds. The van der Waals surface area contributed by atoms with E-state index >= 15 is 0 Å². The molecule has 98 valence electrons. The summed E-state index contributed by atoms with van der Waals surface area (Å²) in [5.41, 5.74) is -0.964. The summed E-state index contributed by atoms with van der Waals surface area (Å²) in [4.78, 5) is 13.7. The zero-order chi connectivity index (χ0) is 12.5. The Hall–Kier alpha value is -0.610. The van der Waals surface area contributed by atoms with Crippen molar-refractivity contribution in [2.75, 3.05) is 19.6 Å². The predicted molar refractivity (Wildman–Crippen MR) is 64.8 cm³/mol. The van der Waals surface area contributed by atoms with Gasteiger partial charge >= 0.3 is 5.97 Å². The molecular formula is C13H23NO3. The number of hydrogen-bond donors (Lipinski definition) is 2. The Morgan fingerprint density at radius 3 is 2.94 bits per heavy atom. The molecular weight excluding hydrogens is 218 g/mol. The molecule has 2 aliphatic heterocycles. The second-order valence-corrected chi connectivity index (χ2v) is 5.56. The van der Waals surface area contributed by atoms with Crippen LogP contribution in [-0.2, 0) is 4.79 Å². The number of carboxylic acid groups (broad SMARTS) is 1. The SMILES string of the molecule is CCCCC(C(=O)O)C1(O)CCN2CCC1C2. The van der Waals surface area contributed by atoms with Crippen LogP contribution in [0, 0.1) is 11.8 Å². The minimum Gasteiger partial charge on any atom is -0.481 e. The molecule has 0 spiro atoms. The van der Waals surface area contributed by atoms with Gasteiger partial charge in [-0.15, -0.1) is 0 Å². The number of piperidine rings is 1. The number of hydrogen-bond acceptors (Lipinski definition) is 3. The van der Waals surface area contributed by atoms with E-state index in [0.717, 1.165) is 38.9 Å². The summed E-state index contributed by atoms with van der Waals surface area (Å²) in [5, 5.41) is 20.2. The number of carbonyl (C=O) groups is 1. The van der Waals surface area contributed by atoms with Crippen LogP contribution < -0.4 is 0 Å². The summed E-state index contributed by atoms with van der Waals surface area (Å²) in [6, 6.07) is 0. The molecule has 2 bridgehead atoms. The van der Waals surface area contributed by atoms with Gasteiger partial charge in [-0.3, -0.25) is 4.79 Å². The molecule has 0 aromatic rings. The molecule has 0 radical (unpaired) electrons. The fourth-order valence-electron chi connectivity index (χ4n) is 3.44. The molecule has 4 heteroatoms. The number of unbranched alkanes of at least 4 members (excludes halogenated alkanes) is 1. The van der Waals surface area contributed by atoms with Crippen LogP contribution in [0.2, 0.25) is 0 Å². The first kappa shape index (κ1) is 12.8. The number of aliphatic hydroxyl groups is 1. The van der Waals surface area contributed by atoms with Gasteiger partial charge in [-0.05, 0) is 25.8 Å². The Morgan fingerprint density at radius 1 is 1.53 bits per heavy atom. The molecule has 17 heavy (non-hydrogen) atoms. The average molecular weight is 241 g/mol. The van der Waals surface area contributed by atoms with Crippen molar-refractivity contribution in [3.8, 4) is 0 Å². The molecule has 2 aliphatic rings.